The second kappa shape index (κ2) is 8.51. The van der Waals surface area contributed by atoms with E-state index in [1.54, 1.807) is 24.3 Å². The van der Waals surface area contributed by atoms with Crippen LogP contribution < -0.4 is 10.6 Å². The molecule has 1 aliphatic rings. The van der Waals surface area contributed by atoms with E-state index in [2.05, 4.69) is 10.6 Å². The van der Waals surface area contributed by atoms with Crippen LogP contribution >= 0.6 is 0 Å². The molecule has 0 bridgehead atoms. The minimum absolute atomic E-state index is 0.153. The van der Waals surface area contributed by atoms with Gasteiger partial charge in [-0.1, -0.05) is 44.2 Å². The summed E-state index contributed by atoms with van der Waals surface area (Å²) < 4.78 is 23.0. The van der Waals surface area contributed by atoms with Crippen LogP contribution in [0, 0.1) is 0 Å². The van der Waals surface area contributed by atoms with E-state index in [1.165, 1.54) is 38.4 Å². The zero-order valence-electron chi connectivity index (χ0n) is 14.5. The summed E-state index contributed by atoms with van der Waals surface area (Å²) in [6.07, 6.45) is 9.44. The molecule has 0 unspecified atom stereocenters. The van der Waals surface area contributed by atoms with Crippen molar-refractivity contribution in [3.05, 3.63) is 29.8 Å². The highest BCUT2D eigenvalue weighted by Crippen LogP contribution is 2.18. The maximum absolute atomic E-state index is 12.2. The lowest BCUT2D eigenvalue weighted by Crippen LogP contribution is -2.43. The minimum Gasteiger partial charge on any atom is -0.335 e. The smallest absolute Gasteiger partial charge is 0.315 e. The van der Waals surface area contributed by atoms with Crippen LogP contribution in [0.4, 0.5) is 4.79 Å². The molecule has 1 atom stereocenters. The fraction of sp³-hybridized carbons (Fsp3) is 0.611. The van der Waals surface area contributed by atoms with E-state index >= 15 is 0 Å². The van der Waals surface area contributed by atoms with E-state index in [4.69, 9.17) is 0 Å². The first-order chi connectivity index (χ1) is 11.4. The number of sulfone groups is 1. The summed E-state index contributed by atoms with van der Waals surface area (Å²) in [6, 6.07) is 6.58. The number of benzene rings is 1. The second-order valence-corrected chi connectivity index (χ2v) is 8.74. The molecular weight excluding hydrogens is 324 g/mol. The van der Waals surface area contributed by atoms with E-state index < -0.39 is 9.84 Å². The van der Waals surface area contributed by atoms with Gasteiger partial charge in [-0.15, -0.1) is 0 Å². The van der Waals surface area contributed by atoms with Crippen LogP contribution in [0.1, 0.15) is 63.5 Å². The van der Waals surface area contributed by atoms with Crippen molar-refractivity contribution in [3.63, 3.8) is 0 Å². The number of carbonyl (C=O) groups excluding carboxylic acids is 1. The van der Waals surface area contributed by atoms with Crippen LogP contribution in [0.3, 0.4) is 0 Å². The van der Waals surface area contributed by atoms with Crippen LogP contribution in [0.25, 0.3) is 0 Å². The molecule has 2 amide bonds. The SMILES string of the molecule is C[C@H](NC(=O)NC1CCCCCCC1)c1ccc(S(C)(=O)=O)cc1. The predicted octanol–water partition coefficient (Wildman–Crippen LogP) is 3.56. The summed E-state index contributed by atoms with van der Waals surface area (Å²) in [4.78, 5) is 12.5. The highest BCUT2D eigenvalue weighted by molar-refractivity contribution is 7.90. The number of hydrogen-bond donors (Lipinski definition) is 2. The molecule has 2 rings (SSSR count). The third-order valence-electron chi connectivity index (χ3n) is 4.60. The van der Waals surface area contributed by atoms with Gasteiger partial charge in [-0.3, -0.25) is 0 Å². The van der Waals surface area contributed by atoms with Crippen molar-refractivity contribution in [3.8, 4) is 0 Å². The molecule has 0 aromatic heterocycles. The first-order valence-electron chi connectivity index (χ1n) is 8.73. The Morgan fingerprint density at radius 2 is 1.58 bits per heavy atom. The Balaban J connectivity index is 1.88. The van der Waals surface area contributed by atoms with Crippen LogP contribution in [0.15, 0.2) is 29.2 Å². The number of hydrogen-bond acceptors (Lipinski definition) is 3. The van der Waals surface area contributed by atoms with Crippen molar-refractivity contribution in [2.24, 2.45) is 0 Å². The maximum Gasteiger partial charge on any atom is 0.315 e. The number of nitrogens with one attached hydrogen (secondary N) is 2. The van der Waals surface area contributed by atoms with Gasteiger partial charge < -0.3 is 10.6 Å². The number of rotatable bonds is 4. The van der Waals surface area contributed by atoms with E-state index in [9.17, 15) is 13.2 Å². The summed E-state index contributed by atoms with van der Waals surface area (Å²) >= 11 is 0. The highest BCUT2D eigenvalue weighted by Gasteiger charge is 2.16. The molecule has 1 aromatic carbocycles. The Morgan fingerprint density at radius 1 is 1.04 bits per heavy atom. The van der Waals surface area contributed by atoms with Crippen molar-refractivity contribution in [1.29, 1.82) is 0 Å². The number of urea groups is 1. The summed E-state index contributed by atoms with van der Waals surface area (Å²) in [5, 5.41) is 6.02. The van der Waals surface area contributed by atoms with Gasteiger partial charge in [0.15, 0.2) is 9.84 Å². The van der Waals surface area contributed by atoms with Gasteiger partial charge in [-0.25, -0.2) is 13.2 Å². The molecule has 0 aliphatic heterocycles. The molecule has 134 valence electrons. The van der Waals surface area contributed by atoms with Crippen molar-refractivity contribution >= 4 is 15.9 Å². The Bertz CT molecular complexity index is 633. The molecular formula is C18H28N2O3S. The van der Waals surface area contributed by atoms with Gasteiger partial charge in [-0.05, 0) is 37.5 Å². The van der Waals surface area contributed by atoms with Crippen LogP contribution in [0.2, 0.25) is 0 Å². The average Bonchev–Trinajstić information content (AvgIpc) is 2.49. The molecule has 1 aromatic rings. The zero-order chi connectivity index (χ0) is 17.6. The van der Waals surface area contributed by atoms with Crippen molar-refractivity contribution in [2.75, 3.05) is 6.26 Å². The van der Waals surface area contributed by atoms with Gasteiger partial charge in [0.2, 0.25) is 0 Å². The highest BCUT2D eigenvalue weighted by atomic mass is 32.2. The lowest BCUT2D eigenvalue weighted by Gasteiger charge is -2.23. The molecule has 1 saturated carbocycles. The molecule has 6 heteroatoms. The van der Waals surface area contributed by atoms with E-state index in [0.717, 1.165) is 18.4 Å². The number of carbonyl (C=O) groups is 1. The molecule has 0 heterocycles. The first kappa shape index (κ1) is 18.8. The second-order valence-electron chi connectivity index (χ2n) is 6.72. The fourth-order valence-electron chi connectivity index (χ4n) is 3.11. The van der Waals surface area contributed by atoms with Crippen LogP contribution in [-0.2, 0) is 9.84 Å². The van der Waals surface area contributed by atoms with Crippen molar-refractivity contribution in [2.45, 2.75) is 68.8 Å². The molecule has 0 saturated heterocycles. The molecule has 24 heavy (non-hydrogen) atoms. The summed E-state index contributed by atoms with van der Waals surface area (Å²) in [7, 11) is -3.19. The minimum atomic E-state index is -3.19. The normalized spacial score (nSPS) is 18.2. The van der Waals surface area contributed by atoms with Gasteiger partial charge in [0.25, 0.3) is 0 Å². The molecule has 1 aliphatic carbocycles. The molecule has 5 nitrogen and oxygen atoms in total. The topological polar surface area (TPSA) is 75.3 Å². The third kappa shape index (κ3) is 5.82. The van der Waals surface area contributed by atoms with Gasteiger partial charge in [0.05, 0.1) is 10.9 Å². The standard InChI is InChI=1S/C18H28N2O3S/c1-14(15-10-12-17(13-11-15)24(2,22)23)19-18(21)20-16-8-6-4-3-5-7-9-16/h10-14,16H,3-9H2,1-2H3,(H2,19,20,21)/t14-/m0/s1. The molecule has 2 N–H and O–H groups in total. The third-order valence-corrected chi connectivity index (χ3v) is 5.72. The zero-order valence-corrected chi connectivity index (χ0v) is 15.4. The summed E-state index contributed by atoms with van der Waals surface area (Å²) in [5.74, 6) is 0. The monoisotopic (exact) mass is 352 g/mol. The number of amides is 2. The quantitative estimate of drug-likeness (QED) is 0.870. The predicted molar refractivity (Wildman–Crippen MR) is 95.7 cm³/mol. The van der Waals surface area contributed by atoms with Crippen LogP contribution in [-0.4, -0.2) is 26.7 Å². The van der Waals surface area contributed by atoms with E-state index in [0.29, 0.717) is 0 Å². The van der Waals surface area contributed by atoms with Gasteiger partial charge >= 0.3 is 6.03 Å². The largest absolute Gasteiger partial charge is 0.335 e. The van der Waals surface area contributed by atoms with Gasteiger partial charge in [0, 0.05) is 12.3 Å². The fourth-order valence-corrected chi connectivity index (χ4v) is 3.74. The van der Waals surface area contributed by atoms with Crippen molar-refractivity contribution < 1.29 is 13.2 Å². The van der Waals surface area contributed by atoms with E-state index in [-0.39, 0.29) is 23.0 Å². The summed E-state index contributed by atoms with van der Waals surface area (Å²) in [5.41, 5.74) is 0.884. The van der Waals surface area contributed by atoms with Gasteiger partial charge in [-0.2, -0.15) is 0 Å². The average molecular weight is 352 g/mol. The van der Waals surface area contributed by atoms with Gasteiger partial charge in [0.1, 0.15) is 0 Å². The summed E-state index contributed by atoms with van der Waals surface area (Å²) in [6.45, 7) is 1.90. The molecule has 1 fully saturated rings. The first-order valence-corrected chi connectivity index (χ1v) is 10.6. The Morgan fingerprint density at radius 3 is 2.12 bits per heavy atom. The Labute approximate surface area is 145 Å². The Hall–Kier alpha value is -1.56. The van der Waals surface area contributed by atoms with Crippen molar-refractivity contribution in [1.82, 2.24) is 10.6 Å². The van der Waals surface area contributed by atoms with Crippen LogP contribution in [0.5, 0.6) is 0 Å². The Kier molecular flexibility index (Phi) is 6.66. The lowest BCUT2D eigenvalue weighted by atomic mass is 9.97. The van der Waals surface area contributed by atoms with E-state index in [1.807, 2.05) is 6.92 Å². The molecule has 0 radical (unpaired) electrons. The molecule has 0 spiro atoms. The lowest BCUT2D eigenvalue weighted by molar-refractivity contribution is 0.231. The maximum atomic E-state index is 12.2.